The predicted molar refractivity (Wildman–Crippen MR) is 116 cm³/mol. The predicted octanol–water partition coefficient (Wildman–Crippen LogP) is 3.73. The minimum absolute atomic E-state index is 0.0662. The molecule has 1 N–H and O–H groups in total. The van der Waals surface area contributed by atoms with Gasteiger partial charge in [0.15, 0.2) is 0 Å². The SMILES string of the molecule is Cc1ccc(NC2CC(C)N(C(=O)CN3C(=O)CCC3=O)c3ccc(C)cc32)cc1. The molecule has 6 nitrogen and oxygen atoms in total. The van der Waals surface area contributed by atoms with E-state index in [2.05, 4.69) is 42.6 Å². The summed E-state index contributed by atoms with van der Waals surface area (Å²) in [5.74, 6) is -0.743. The van der Waals surface area contributed by atoms with Crippen LogP contribution in [0.5, 0.6) is 0 Å². The van der Waals surface area contributed by atoms with Crippen molar-refractivity contribution < 1.29 is 14.4 Å². The molecule has 0 saturated carbocycles. The van der Waals surface area contributed by atoms with E-state index in [0.717, 1.165) is 33.8 Å². The third-order valence-electron chi connectivity index (χ3n) is 5.94. The van der Waals surface area contributed by atoms with E-state index in [1.807, 2.05) is 26.0 Å². The normalized spacial score (nSPS) is 21.0. The first kappa shape index (κ1) is 20.1. The number of nitrogens with zero attached hydrogens (tertiary/aromatic N) is 2. The fourth-order valence-electron chi connectivity index (χ4n) is 4.36. The van der Waals surface area contributed by atoms with E-state index in [4.69, 9.17) is 0 Å². The molecule has 30 heavy (non-hydrogen) atoms. The summed E-state index contributed by atoms with van der Waals surface area (Å²) < 4.78 is 0. The van der Waals surface area contributed by atoms with Gasteiger partial charge in [-0.1, -0.05) is 35.4 Å². The summed E-state index contributed by atoms with van der Waals surface area (Å²) in [4.78, 5) is 40.0. The standard InChI is InChI=1S/C24H27N3O3/c1-15-4-7-18(8-5-15)25-20-13-17(3)27(21-9-6-16(2)12-19(20)21)24(30)14-26-22(28)10-11-23(26)29/h4-9,12,17,20,25H,10-11,13-14H2,1-3H3. The average molecular weight is 405 g/mol. The maximum absolute atomic E-state index is 13.2. The number of carbonyl (C=O) groups is 3. The van der Waals surface area contributed by atoms with Gasteiger partial charge < -0.3 is 10.2 Å². The number of aryl methyl sites for hydroxylation is 2. The highest BCUT2D eigenvalue weighted by Gasteiger charge is 2.37. The van der Waals surface area contributed by atoms with Crippen LogP contribution in [0.1, 0.15) is 48.9 Å². The number of hydrogen-bond acceptors (Lipinski definition) is 4. The fraction of sp³-hybridized carbons (Fsp3) is 0.375. The third kappa shape index (κ3) is 3.82. The van der Waals surface area contributed by atoms with Gasteiger partial charge in [0, 0.05) is 30.3 Å². The molecule has 0 spiro atoms. The van der Waals surface area contributed by atoms with Crippen molar-refractivity contribution in [2.24, 2.45) is 0 Å². The first-order valence-corrected chi connectivity index (χ1v) is 10.4. The molecule has 2 unspecified atom stereocenters. The zero-order valence-electron chi connectivity index (χ0n) is 17.6. The molecule has 2 aliphatic rings. The Morgan fingerprint density at radius 2 is 1.63 bits per heavy atom. The second kappa shape index (κ2) is 7.94. The molecule has 1 fully saturated rings. The van der Waals surface area contributed by atoms with Crippen LogP contribution in [-0.2, 0) is 14.4 Å². The van der Waals surface area contributed by atoms with Crippen LogP contribution in [0.3, 0.4) is 0 Å². The lowest BCUT2D eigenvalue weighted by molar-refractivity contribution is -0.141. The van der Waals surface area contributed by atoms with Crippen LogP contribution in [0.15, 0.2) is 42.5 Å². The maximum atomic E-state index is 13.2. The lowest BCUT2D eigenvalue weighted by Gasteiger charge is -2.40. The number of likely N-dealkylation sites (tertiary alicyclic amines) is 1. The molecule has 0 aromatic heterocycles. The zero-order chi connectivity index (χ0) is 21.4. The van der Waals surface area contributed by atoms with Crippen molar-refractivity contribution >= 4 is 29.1 Å². The molecule has 2 aliphatic heterocycles. The van der Waals surface area contributed by atoms with Gasteiger partial charge in [0.25, 0.3) is 0 Å². The Balaban J connectivity index is 1.62. The summed E-state index contributed by atoms with van der Waals surface area (Å²) in [6.45, 7) is 5.92. The lowest BCUT2D eigenvalue weighted by Crippen LogP contribution is -2.49. The molecule has 3 amide bonds. The van der Waals surface area contributed by atoms with E-state index in [9.17, 15) is 14.4 Å². The van der Waals surface area contributed by atoms with Crippen LogP contribution in [0.25, 0.3) is 0 Å². The molecule has 4 rings (SSSR count). The van der Waals surface area contributed by atoms with E-state index in [1.54, 1.807) is 4.90 Å². The van der Waals surface area contributed by atoms with Gasteiger partial charge in [0.1, 0.15) is 6.54 Å². The van der Waals surface area contributed by atoms with Gasteiger partial charge in [-0.2, -0.15) is 0 Å². The minimum Gasteiger partial charge on any atom is -0.378 e. The Kier molecular flexibility index (Phi) is 5.33. The van der Waals surface area contributed by atoms with Crippen LogP contribution in [-0.4, -0.2) is 35.2 Å². The maximum Gasteiger partial charge on any atom is 0.247 e. The number of amides is 3. The Hall–Kier alpha value is -3.15. The molecular weight excluding hydrogens is 378 g/mol. The van der Waals surface area contributed by atoms with Crippen molar-refractivity contribution in [2.75, 3.05) is 16.8 Å². The van der Waals surface area contributed by atoms with Crippen LogP contribution < -0.4 is 10.2 Å². The summed E-state index contributed by atoms with van der Waals surface area (Å²) in [5, 5.41) is 3.61. The van der Waals surface area contributed by atoms with Crippen molar-refractivity contribution in [1.29, 1.82) is 0 Å². The molecule has 0 radical (unpaired) electrons. The van der Waals surface area contributed by atoms with E-state index in [-0.39, 0.29) is 49.2 Å². The summed E-state index contributed by atoms with van der Waals surface area (Å²) in [5.41, 5.74) is 5.26. The zero-order valence-corrected chi connectivity index (χ0v) is 17.6. The molecule has 2 heterocycles. The summed E-state index contributed by atoms with van der Waals surface area (Å²) in [7, 11) is 0. The Morgan fingerprint density at radius 3 is 2.30 bits per heavy atom. The van der Waals surface area contributed by atoms with Crippen LogP contribution in [0.4, 0.5) is 11.4 Å². The van der Waals surface area contributed by atoms with Gasteiger partial charge in [-0.15, -0.1) is 0 Å². The second-order valence-corrected chi connectivity index (χ2v) is 8.35. The van der Waals surface area contributed by atoms with Crippen molar-refractivity contribution in [3.8, 4) is 0 Å². The van der Waals surface area contributed by atoms with E-state index in [1.165, 1.54) is 5.56 Å². The van der Waals surface area contributed by atoms with Crippen molar-refractivity contribution in [2.45, 2.75) is 52.1 Å². The van der Waals surface area contributed by atoms with Crippen molar-refractivity contribution in [1.82, 2.24) is 4.90 Å². The van der Waals surface area contributed by atoms with Gasteiger partial charge >= 0.3 is 0 Å². The smallest absolute Gasteiger partial charge is 0.247 e. The van der Waals surface area contributed by atoms with Gasteiger partial charge in [0.05, 0.1) is 6.04 Å². The van der Waals surface area contributed by atoms with Crippen LogP contribution in [0.2, 0.25) is 0 Å². The summed E-state index contributed by atoms with van der Waals surface area (Å²) >= 11 is 0. The lowest BCUT2D eigenvalue weighted by atomic mass is 9.90. The van der Waals surface area contributed by atoms with Gasteiger partial charge in [0.2, 0.25) is 17.7 Å². The minimum atomic E-state index is -0.263. The summed E-state index contributed by atoms with van der Waals surface area (Å²) in [6.07, 6.45) is 1.12. The van der Waals surface area contributed by atoms with Crippen LogP contribution in [0, 0.1) is 13.8 Å². The van der Waals surface area contributed by atoms with Gasteiger partial charge in [-0.25, -0.2) is 0 Å². The molecule has 2 aromatic carbocycles. The summed E-state index contributed by atoms with van der Waals surface area (Å²) in [6, 6.07) is 14.4. The Bertz CT molecular complexity index is 983. The number of imide groups is 1. The monoisotopic (exact) mass is 405 g/mol. The molecule has 6 heteroatoms. The molecule has 2 atom stereocenters. The van der Waals surface area contributed by atoms with Crippen LogP contribution >= 0.6 is 0 Å². The highest BCUT2D eigenvalue weighted by atomic mass is 16.2. The van der Waals surface area contributed by atoms with E-state index < -0.39 is 0 Å². The fourth-order valence-corrected chi connectivity index (χ4v) is 4.36. The van der Waals surface area contributed by atoms with Crippen molar-refractivity contribution in [3.05, 3.63) is 59.2 Å². The highest BCUT2D eigenvalue weighted by Crippen LogP contribution is 2.39. The number of carbonyl (C=O) groups excluding carboxylic acids is 3. The van der Waals surface area contributed by atoms with Gasteiger partial charge in [-0.3, -0.25) is 19.3 Å². The third-order valence-corrected chi connectivity index (χ3v) is 5.94. The molecule has 1 saturated heterocycles. The molecule has 0 aliphatic carbocycles. The molecular formula is C24H27N3O3. The number of fused-ring (bicyclic) bond motifs is 1. The average Bonchev–Trinajstić information content (AvgIpc) is 3.02. The second-order valence-electron chi connectivity index (χ2n) is 8.35. The Labute approximate surface area is 176 Å². The van der Waals surface area contributed by atoms with E-state index in [0.29, 0.717) is 0 Å². The molecule has 0 bridgehead atoms. The first-order chi connectivity index (χ1) is 14.3. The number of anilines is 2. The number of hydrogen-bond donors (Lipinski definition) is 1. The molecule has 156 valence electrons. The highest BCUT2D eigenvalue weighted by molar-refractivity contribution is 6.07. The number of rotatable bonds is 4. The Morgan fingerprint density at radius 1 is 1.00 bits per heavy atom. The number of nitrogens with one attached hydrogen (secondary N) is 1. The first-order valence-electron chi connectivity index (χ1n) is 10.4. The topological polar surface area (TPSA) is 69.7 Å². The largest absolute Gasteiger partial charge is 0.378 e. The number of benzene rings is 2. The molecule has 2 aromatic rings. The van der Waals surface area contributed by atoms with E-state index >= 15 is 0 Å². The van der Waals surface area contributed by atoms with Crippen molar-refractivity contribution in [3.63, 3.8) is 0 Å². The van der Waals surface area contributed by atoms with Gasteiger partial charge in [-0.05, 0) is 51.0 Å². The quantitative estimate of drug-likeness (QED) is 0.787.